The fraction of sp³-hybridized carbons (Fsp3) is 0.250. The minimum atomic E-state index is 0.762. The molecular formula is C16H14BrN3S. The molecule has 1 N–H and O–H groups in total. The number of aromatic nitrogens is 2. The Kier molecular flexibility index (Phi) is 3.39. The maximum Gasteiger partial charge on any atom is 0.123 e. The van der Waals surface area contributed by atoms with Crippen LogP contribution in [0.15, 0.2) is 41.3 Å². The Labute approximate surface area is 135 Å². The molecule has 0 amide bonds. The zero-order valence-electron chi connectivity index (χ0n) is 11.3. The van der Waals surface area contributed by atoms with Gasteiger partial charge in [0.1, 0.15) is 9.43 Å². The van der Waals surface area contributed by atoms with E-state index in [1.54, 1.807) is 17.5 Å². The first-order valence-corrected chi connectivity index (χ1v) is 8.63. The second-order valence-electron chi connectivity index (χ2n) is 5.37. The van der Waals surface area contributed by atoms with Crippen LogP contribution in [0.1, 0.15) is 29.2 Å². The van der Waals surface area contributed by atoms with Gasteiger partial charge in [0.25, 0.3) is 0 Å². The Bertz CT molecular complexity index is 795. The number of hydrogen-bond acceptors (Lipinski definition) is 4. The summed E-state index contributed by atoms with van der Waals surface area (Å²) in [6.45, 7) is 0.816. The first-order chi connectivity index (χ1) is 10.3. The lowest BCUT2D eigenvalue weighted by atomic mass is 10.1. The lowest BCUT2D eigenvalue weighted by Gasteiger charge is -2.04. The molecule has 4 rings (SSSR count). The van der Waals surface area contributed by atoms with Crippen LogP contribution in [-0.4, -0.2) is 9.97 Å². The summed E-state index contributed by atoms with van der Waals surface area (Å²) in [7, 11) is 0. The van der Waals surface area contributed by atoms with Crippen LogP contribution < -0.4 is 5.32 Å². The van der Waals surface area contributed by atoms with Gasteiger partial charge in [0.05, 0.1) is 0 Å². The van der Waals surface area contributed by atoms with E-state index in [-0.39, 0.29) is 0 Å². The molecule has 0 aliphatic heterocycles. The van der Waals surface area contributed by atoms with Gasteiger partial charge in [0.2, 0.25) is 0 Å². The molecule has 1 aliphatic rings. The molecule has 1 saturated carbocycles. The Morgan fingerprint density at radius 3 is 2.95 bits per heavy atom. The molecule has 1 fully saturated rings. The largest absolute Gasteiger partial charge is 0.380 e. The van der Waals surface area contributed by atoms with Gasteiger partial charge in [-0.05, 0) is 64.5 Å². The number of thiophene rings is 1. The van der Waals surface area contributed by atoms with E-state index in [1.165, 1.54) is 28.7 Å². The molecule has 1 aliphatic carbocycles. The SMILES string of the molecule is Brc1cc(NCc2cc3cc(C4CC4)cnc3s2)ccn1. The normalized spacial score (nSPS) is 14.5. The number of halogens is 1. The standard InChI is InChI=1S/C16H14BrN3S/c17-15-7-13(3-4-18-15)19-9-14-6-11-5-12(10-1-2-10)8-20-16(11)21-14/h3-8,10H,1-2,9H2,(H,18,19). The Morgan fingerprint density at radius 2 is 2.14 bits per heavy atom. The molecule has 21 heavy (non-hydrogen) atoms. The van der Waals surface area contributed by atoms with Crippen molar-refractivity contribution < 1.29 is 0 Å². The van der Waals surface area contributed by atoms with E-state index in [1.807, 2.05) is 18.3 Å². The minimum absolute atomic E-state index is 0.762. The third kappa shape index (κ3) is 2.94. The monoisotopic (exact) mass is 359 g/mol. The van der Waals surface area contributed by atoms with Crippen molar-refractivity contribution >= 4 is 43.2 Å². The maximum atomic E-state index is 4.61. The summed E-state index contributed by atoms with van der Waals surface area (Å²) < 4.78 is 0.847. The molecule has 0 saturated heterocycles. The molecule has 3 aromatic rings. The van der Waals surface area contributed by atoms with Gasteiger partial charge >= 0.3 is 0 Å². The third-order valence-corrected chi connectivity index (χ3v) is 5.18. The quantitative estimate of drug-likeness (QED) is 0.670. The van der Waals surface area contributed by atoms with Crippen molar-refractivity contribution in [2.75, 3.05) is 5.32 Å². The second-order valence-corrected chi connectivity index (χ2v) is 7.30. The topological polar surface area (TPSA) is 37.8 Å². The van der Waals surface area contributed by atoms with Crippen LogP contribution in [0.5, 0.6) is 0 Å². The Hall–Kier alpha value is -1.46. The molecule has 0 bridgehead atoms. The first kappa shape index (κ1) is 13.2. The second kappa shape index (κ2) is 5.39. The van der Waals surface area contributed by atoms with E-state index >= 15 is 0 Å². The van der Waals surface area contributed by atoms with Crippen LogP contribution in [0.2, 0.25) is 0 Å². The summed E-state index contributed by atoms with van der Waals surface area (Å²) >= 11 is 5.15. The molecular weight excluding hydrogens is 346 g/mol. The minimum Gasteiger partial charge on any atom is -0.380 e. The third-order valence-electron chi connectivity index (χ3n) is 3.69. The molecule has 0 atom stereocenters. The van der Waals surface area contributed by atoms with Crippen LogP contribution in [-0.2, 0) is 6.54 Å². The predicted molar refractivity (Wildman–Crippen MR) is 90.9 cm³/mol. The van der Waals surface area contributed by atoms with Gasteiger partial charge in [-0.2, -0.15) is 0 Å². The van der Waals surface area contributed by atoms with Crippen LogP contribution >= 0.6 is 27.3 Å². The summed E-state index contributed by atoms with van der Waals surface area (Å²) in [5.74, 6) is 0.762. The number of hydrogen-bond donors (Lipinski definition) is 1. The summed E-state index contributed by atoms with van der Waals surface area (Å²) in [6.07, 6.45) is 6.49. The smallest absolute Gasteiger partial charge is 0.123 e. The summed E-state index contributed by atoms with van der Waals surface area (Å²) in [5, 5.41) is 4.70. The molecule has 3 nitrogen and oxygen atoms in total. The van der Waals surface area contributed by atoms with E-state index in [4.69, 9.17) is 0 Å². The number of nitrogens with one attached hydrogen (secondary N) is 1. The van der Waals surface area contributed by atoms with E-state index in [0.717, 1.165) is 27.6 Å². The zero-order valence-corrected chi connectivity index (χ0v) is 13.7. The van der Waals surface area contributed by atoms with E-state index in [9.17, 15) is 0 Å². The van der Waals surface area contributed by atoms with Gasteiger partial charge in [0.15, 0.2) is 0 Å². The number of anilines is 1. The van der Waals surface area contributed by atoms with Gasteiger partial charge in [-0.1, -0.05) is 0 Å². The average Bonchev–Trinajstić information content (AvgIpc) is 3.25. The van der Waals surface area contributed by atoms with Crippen LogP contribution in [0.25, 0.3) is 10.2 Å². The van der Waals surface area contributed by atoms with Crippen molar-refractivity contribution in [1.82, 2.24) is 9.97 Å². The van der Waals surface area contributed by atoms with Crippen molar-refractivity contribution in [3.63, 3.8) is 0 Å². The Morgan fingerprint density at radius 1 is 1.24 bits per heavy atom. The number of rotatable bonds is 4. The fourth-order valence-electron chi connectivity index (χ4n) is 2.43. The molecule has 106 valence electrons. The average molecular weight is 360 g/mol. The van der Waals surface area contributed by atoms with Crippen LogP contribution in [0.4, 0.5) is 5.69 Å². The lowest BCUT2D eigenvalue weighted by molar-refractivity contribution is 1.11. The van der Waals surface area contributed by atoms with Gasteiger partial charge in [-0.25, -0.2) is 9.97 Å². The predicted octanol–water partition coefficient (Wildman–Crippen LogP) is 4.94. The summed E-state index contributed by atoms with van der Waals surface area (Å²) in [5.41, 5.74) is 2.47. The number of nitrogens with zero attached hydrogens (tertiary/aromatic N) is 2. The molecule has 0 spiro atoms. The highest BCUT2D eigenvalue weighted by molar-refractivity contribution is 9.10. The molecule has 0 aromatic carbocycles. The highest BCUT2D eigenvalue weighted by Gasteiger charge is 2.24. The fourth-order valence-corrected chi connectivity index (χ4v) is 3.72. The zero-order chi connectivity index (χ0) is 14.2. The highest BCUT2D eigenvalue weighted by Crippen LogP contribution is 2.41. The Balaban J connectivity index is 1.53. The van der Waals surface area contributed by atoms with Gasteiger partial charge < -0.3 is 5.32 Å². The van der Waals surface area contributed by atoms with E-state index in [0.29, 0.717) is 0 Å². The van der Waals surface area contributed by atoms with Crippen LogP contribution in [0, 0.1) is 0 Å². The van der Waals surface area contributed by atoms with Crippen molar-refractivity contribution in [3.8, 4) is 0 Å². The van der Waals surface area contributed by atoms with Crippen LogP contribution in [0.3, 0.4) is 0 Å². The number of fused-ring (bicyclic) bond motifs is 1. The van der Waals surface area contributed by atoms with Crippen molar-refractivity contribution in [2.24, 2.45) is 0 Å². The molecule has 5 heteroatoms. The van der Waals surface area contributed by atoms with Crippen molar-refractivity contribution in [1.29, 1.82) is 0 Å². The van der Waals surface area contributed by atoms with Gasteiger partial charge in [-0.3, -0.25) is 0 Å². The summed E-state index contributed by atoms with van der Waals surface area (Å²) in [6, 6.07) is 8.52. The molecule has 3 heterocycles. The van der Waals surface area contributed by atoms with Crippen molar-refractivity contribution in [2.45, 2.75) is 25.3 Å². The van der Waals surface area contributed by atoms with E-state index < -0.39 is 0 Å². The molecule has 0 unspecified atom stereocenters. The van der Waals surface area contributed by atoms with Gasteiger partial charge in [0, 0.05) is 34.9 Å². The number of pyridine rings is 2. The van der Waals surface area contributed by atoms with Crippen molar-refractivity contribution in [3.05, 3.63) is 51.7 Å². The molecule has 3 aromatic heterocycles. The molecule has 0 radical (unpaired) electrons. The first-order valence-electron chi connectivity index (χ1n) is 7.02. The maximum absolute atomic E-state index is 4.61. The lowest BCUT2D eigenvalue weighted by Crippen LogP contribution is -1.97. The summed E-state index contributed by atoms with van der Waals surface area (Å²) in [4.78, 5) is 11.2. The van der Waals surface area contributed by atoms with E-state index in [2.05, 4.69) is 43.3 Å². The van der Waals surface area contributed by atoms with Gasteiger partial charge in [-0.15, -0.1) is 11.3 Å². The highest BCUT2D eigenvalue weighted by atomic mass is 79.9.